The number of benzene rings is 1. The highest BCUT2D eigenvalue weighted by Gasteiger charge is 2.26. The molecule has 2 rings (SSSR count). The molecule has 1 atom stereocenters. The van der Waals surface area contributed by atoms with Crippen molar-refractivity contribution < 1.29 is 4.92 Å². The molecule has 0 amide bonds. The average molecular weight is 206 g/mol. The van der Waals surface area contributed by atoms with Crippen molar-refractivity contribution in [3.63, 3.8) is 0 Å². The van der Waals surface area contributed by atoms with E-state index in [0.717, 1.165) is 17.8 Å². The van der Waals surface area contributed by atoms with Crippen LogP contribution in [-0.2, 0) is 0 Å². The van der Waals surface area contributed by atoms with E-state index >= 15 is 0 Å². The van der Waals surface area contributed by atoms with Crippen LogP contribution >= 0.6 is 0 Å². The maximum Gasteiger partial charge on any atom is 0.269 e. The average Bonchev–Trinajstić information content (AvgIpc) is 2.59. The molecule has 1 aromatic rings. The molecule has 0 aromatic heterocycles. The van der Waals surface area contributed by atoms with E-state index in [2.05, 4.69) is 19.2 Å². The zero-order valence-electron chi connectivity index (χ0n) is 8.86. The summed E-state index contributed by atoms with van der Waals surface area (Å²) in [6, 6.07) is 5.05. The Hall–Kier alpha value is -1.58. The fourth-order valence-electron chi connectivity index (χ4n) is 2.06. The SMILES string of the molecule is CC(C)C1CNc2ccc([N+](=O)[O-])cc21. The van der Waals surface area contributed by atoms with Crippen LogP contribution in [0.5, 0.6) is 0 Å². The first-order valence-corrected chi connectivity index (χ1v) is 5.12. The molecule has 0 aliphatic carbocycles. The molecule has 1 heterocycles. The van der Waals surface area contributed by atoms with Crippen LogP contribution in [-0.4, -0.2) is 11.5 Å². The molecule has 1 unspecified atom stereocenters. The monoisotopic (exact) mass is 206 g/mol. The minimum absolute atomic E-state index is 0.183. The lowest BCUT2D eigenvalue weighted by Gasteiger charge is -2.13. The molecule has 1 aromatic carbocycles. The van der Waals surface area contributed by atoms with Gasteiger partial charge in [-0.15, -0.1) is 0 Å². The van der Waals surface area contributed by atoms with Crippen molar-refractivity contribution in [1.82, 2.24) is 0 Å². The Morgan fingerprint density at radius 3 is 2.87 bits per heavy atom. The number of rotatable bonds is 2. The van der Waals surface area contributed by atoms with E-state index in [1.807, 2.05) is 0 Å². The van der Waals surface area contributed by atoms with Gasteiger partial charge in [-0.05, 0) is 17.5 Å². The van der Waals surface area contributed by atoms with Gasteiger partial charge in [-0.25, -0.2) is 0 Å². The van der Waals surface area contributed by atoms with Crippen LogP contribution in [0.15, 0.2) is 18.2 Å². The lowest BCUT2D eigenvalue weighted by Crippen LogP contribution is -2.08. The van der Waals surface area contributed by atoms with Gasteiger partial charge in [0.05, 0.1) is 4.92 Å². The Morgan fingerprint density at radius 1 is 1.53 bits per heavy atom. The summed E-state index contributed by atoms with van der Waals surface area (Å²) < 4.78 is 0. The molecule has 80 valence electrons. The Labute approximate surface area is 88.5 Å². The van der Waals surface area contributed by atoms with Gasteiger partial charge in [0.25, 0.3) is 5.69 Å². The molecule has 1 aliphatic rings. The molecular weight excluding hydrogens is 192 g/mol. The fraction of sp³-hybridized carbons (Fsp3) is 0.455. The highest BCUT2D eigenvalue weighted by Crippen LogP contribution is 2.37. The van der Waals surface area contributed by atoms with Crippen molar-refractivity contribution in [1.29, 1.82) is 0 Å². The number of nitro groups is 1. The minimum Gasteiger partial charge on any atom is -0.384 e. The third kappa shape index (κ3) is 1.67. The molecule has 0 saturated carbocycles. The Balaban J connectivity index is 2.42. The Kier molecular flexibility index (Phi) is 2.34. The number of nitrogens with zero attached hydrogens (tertiary/aromatic N) is 1. The maximum atomic E-state index is 10.7. The van der Waals surface area contributed by atoms with Crippen LogP contribution in [0.1, 0.15) is 25.3 Å². The highest BCUT2D eigenvalue weighted by atomic mass is 16.6. The highest BCUT2D eigenvalue weighted by molar-refractivity contribution is 5.61. The van der Waals surface area contributed by atoms with Gasteiger partial charge in [-0.2, -0.15) is 0 Å². The Morgan fingerprint density at radius 2 is 2.27 bits per heavy atom. The number of hydrogen-bond donors (Lipinski definition) is 1. The lowest BCUT2D eigenvalue weighted by atomic mass is 9.90. The smallest absolute Gasteiger partial charge is 0.269 e. The summed E-state index contributed by atoms with van der Waals surface area (Å²) >= 11 is 0. The van der Waals surface area contributed by atoms with E-state index in [4.69, 9.17) is 0 Å². The van der Waals surface area contributed by atoms with Crippen molar-refractivity contribution in [2.24, 2.45) is 5.92 Å². The van der Waals surface area contributed by atoms with Crippen LogP contribution in [0.3, 0.4) is 0 Å². The number of anilines is 1. The predicted molar refractivity (Wildman–Crippen MR) is 59.2 cm³/mol. The molecule has 15 heavy (non-hydrogen) atoms. The van der Waals surface area contributed by atoms with Crippen LogP contribution in [0.25, 0.3) is 0 Å². The van der Waals surface area contributed by atoms with Gasteiger partial charge in [-0.1, -0.05) is 13.8 Å². The van der Waals surface area contributed by atoms with Crippen molar-refractivity contribution in [3.05, 3.63) is 33.9 Å². The summed E-state index contributed by atoms with van der Waals surface area (Å²) in [5.41, 5.74) is 2.31. The van der Waals surface area contributed by atoms with Crippen LogP contribution in [0.2, 0.25) is 0 Å². The molecule has 4 nitrogen and oxygen atoms in total. The van der Waals surface area contributed by atoms with E-state index in [1.54, 1.807) is 18.2 Å². The van der Waals surface area contributed by atoms with Crippen molar-refractivity contribution in [3.8, 4) is 0 Å². The van der Waals surface area contributed by atoms with Crippen molar-refractivity contribution >= 4 is 11.4 Å². The number of nitro benzene ring substituents is 1. The number of fused-ring (bicyclic) bond motifs is 1. The zero-order chi connectivity index (χ0) is 11.0. The second-order valence-corrected chi connectivity index (χ2v) is 4.26. The predicted octanol–water partition coefficient (Wildman–Crippen LogP) is 2.76. The largest absolute Gasteiger partial charge is 0.384 e. The molecule has 0 saturated heterocycles. The second kappa shape index (κ2) is 3.53. The first-order chi connectivity index (χ1) is 7.09. The Bertz CT molecular complexity index is 402. The normalized spacial score (nSPS) is 18.7. The van der Waals surface area contributed by atoms with Gasteiger partial charge in [0, 0.05) is 30.3 Å². The first kappa shape index (κ1) is 9.96. The second-order valence-electron chi connectivity index (χ2n) is 4.26. The van der Waals surface area contributed by atoms with Gasteiger partial charge < -0.3 is 5.32 Å². The number of non-ortho nitro benzene ring substituents is 1. The lowest BCUT2D eigenvalue weighted by molar-refractivity contribution is -0.384. The molecule has 1 N–H and O–H groups in total. The molecule has 0 radical (unpaired) electrons. The van der Waals surface area contributed by atoms with Gasteiger partial charge in [0.1, 0.15) is 0 Å². The number of nitrogens with one attached hydrogen (secondary N) is 1. The molecule has 1 aliphatic heterocycles. The summed E-state index contributed by atoms with van der Waals surface area (Å²) in [5.74, 6) is 0.889. The van der Waals surface area contributed by atoms with Crippen LogP contribution in [0, 0.1) is 16.0 Å². The van der Waals surface area contributed by atoms with E-state index in [1.165, 1.54) is 0 Å². The van der Waals surface area contributed by atoms with E-state index in [-0.39, 0.29) is 10.6 Å². The fourth-order valence-corrected chi connectivity index (χ4v) is 2.06. The van der Waals surface area contributed by atoms with E-state index < -0.39 is 0 Å². The summed E-state index contributed by atoms with van der Waals surface area (Å²) in [5, 5.41) is 13.9. The molecule has 0 fully saturated rings. The third-order valence-electron chi connectivity index (χ3n) is 2.96. The van der Waals surface area contributed by atoms with Crippen molar-refractivity contribution in [2.45, 2.75) is 19.8 Å². The van der Waals surface area contributed by atoms with Gasteiger partial charge in [-0.3, -0.25) is 10.1 Å². The quantitative estimate of drug-likeness (QED) is 0.598. The number of hydrogen-bond acceptors (Lipinski definition) is 3. The summed E-state index contributed by atoms with van der Waals surface area (Å²) in [6.45, 7) is 5.16. The molecular formula is C11H14N2O2. The third-order valence-corrected chi connectivity index (χ3v) is 2.96. The summed E-state index contributed by atoms with van der Waals surface area (Å²) in [4.78, 5) is 10.3. The zero-order valence-corrected chi connectivity index (χ0v) is 8.86. The van der Waals surface area contributed by atoms with E-state index in [9.17, 15) is 10.1 Å². The molecule has 0 spiro atoms. The van der Waals surface area contributed by atoms with Crippen LogP contribution in [0.4, 0.5) is 11.4 Å². The summed E-state index contributed by atoms with van der Waals surface area (Å²) in [6.07, 6.45) is 0. The first-order valence-electron chi connectivity index (χ1n) is 5.12. The van der Waals surface area contributed by atoms with E-state index in [0.29, 0.717) is 11.8 Å². The van der Waals surface area contributed by atoms with Gasteiger partial charge in [0.15, 0.2) is 0 Å². The van der Waals surface area contributed by atoms with Crippen molar-refractivity contribution in [2.75, 3.05) is 11.9 Å². The minimum atomic E-state index is -0.337. The topological polar surface area (TPSA) is 55.2 Å². The molecule has 4 heteroatoms. The maximum absolute atomic E-state index is 10.7. The van der Waals surface area contributed by atoms with Gasteiger partial charge >= 0.3 is 0 Å². The standard InChI is InChI=1S/C11H14N2O2/c1-7(2)10-6-12-11-4-3-8(13(14)15)5-9(10)11/h3-5,7,10,12H,6H2,1-2H3. The van der Waals surface area contributed by atoms with Gasteiger partial charge in [0.2, 0.25) is 0 Å². The summed E-state index contributed by atoms with van der Waals surface area (Å²) in [7, 11) is 0. The van der Waals surface area contributed by atoms with Crippen LogP contribution < -0.4 is 5.32 Å². The molecule has 0 bridgehead atoms.